The van der Waals surface area contributed by atoms with Crippen LogP contribution in [0.15, 0.2) is 42.6 Å². The second-order valence-corrected chi connectivity index (χ2v) is 3.30. The highest BCUT2D eigenvalue weighted by Crippen LogP contribution is 2.05. The van der Waals surface area contributed by atoms with Gasteiger partial charge in [0.05, 0.1) is 0 Å². The van der Waals surface area contributed by atoms with Gasteiger partial charge in [-0.25, -0.2) is 14.5 Å². The highest BCUT2D eigenvalue weighted by atomic mass is 16.2. The molecule has 0 radical (unpaired) electrons. The number of nitrogens with one attached hydrogen (secondary N) is 2. The van der Waals surface area contributed by atoms with Crippen molar-refractivity contribution in [3.8, 4) is 0 Å². The van der Waals surface area contributed by atoms with Crippen molar-refractivity contribution in [3.63, 3.8) is 0 Å². The average molecular weight is 233 g/mol. The summed E-state index contributed by atoms with van der Waals surface area (Å²) in [4.78, 5) is 24.0. The predicted octanol–water partition coefficient (Wildman–Crippen LogP) is 2.39. The van der Waals surface area contributed by atoms with E-state index in [0.29, 0.717) is 5.69 Å². The van der Waals surface area contributed by atoms with Gasteiger partial charge in [0.2, 0.25) is 0 Å². The first kappa shape index (κ1) is 12.8. The number of rotatable bonds is 2. The van der Waals surface area contributed by atoms with Crippen LogP contribution >= 0.6 is 0 Å². The Hall–Kier alpha value is -2.30. The van der Waals surface area contributed by atoms with Gasteiger partial charge in [0, 0.05) is 18.9 Å². The molecule has 5 heteroatoms. The standard InChI is InChI=1S/C12H15N3O2/c1-3-9-13-11(16)15(2)12(17)14-10-7-5-4-6-8-10/h3-9H,1-2H3,(H,13,16)(H,14,17)/b9-3-. The SMILES string of the molecule is C/C=C\NC(=O)N(C)C(=O)Nc1ccccc1. The number of amides is 4. The molecule has 0 atom stereocenters. The van der Waals surface area contributed by atoms with Crippen LogP contribution in [0.1, 0.15) is 6.92 Å². The molecular formula is C12H15N3O2. The Morgan fingerprint density at radius 2 is 1.82 bits per heavy atom. The molecule has 90 valence electrons. The van der Waals surface area contributed by atoms with Crippen molar-refractivity contribution in [2.45, 2.75) is 6.92 Å². The van der Waals surface area contributed by atoms with Crippen LogP contribution in [0.2, 0.25) is 0 Å². The summed E-state index contributed by atoms with van der Waals surface area (Å²) >= 11 is 0. The normalized spacial score (nSPS) is 10.0. The molecule has 17 heavy (non-hydrogen) atoms. The molecule has 0 saturated carbocycles. The van der Waals surface area contributed by atoms with Gasteiger partial charge in [-0.3, -0.25) is 0 Å². The molecule has 0 aromatic heterocycles. The second kappa shape index (κ2) is 6.32. The molecule has 0 aliphatic carbocycles. The van der Waals surface area contributed by atoms with Crippen molar-refractivity contribution < 1.29 is 9.59 Å². The summed E-state index contributed by atoms with van der Waals surface area (Å²) < 4.78 is 0. The fourth-order valence-corrected chi connectivity index (χ4v) is 1.07. The van der Waals surface area contributed by atoms with Gasteiger partial charge in [0.25, 0.3) is 0 Å². The van der Waals surface area contributed by atoms with E-state index in [4.69, 9.17) is 0 Å². The van der Waals surface area contributed by atoms with Crippen LogP contribution in [0.25, 0.3) is 0 Å². The Kier molecular flexibility index (Phi) is 4.75. The first-order valence-electron chi connectivity index (χ1n) is 5.16. The van der Waals surface area contributed by atoms with E-state index in [2.05, 4.69) is 10.6 Å². The van der Waals surface area contributed by atoms with E-state index in [-0.39, 0.29) is 0 Å². The molecule has 2 N–H and O–H groups in total. The summed E-state index contributed by atoms with van der Waals surface area (Å²) in [5.41, 5.74) is 0.642. The van der Waals surface area contributed by atoms with Gasteiger partial charge in [-0.2, -0.15) is 0 Å². The molecule has 0 unspecified atom stereocenters. The Balaban J connectivity index is 2.55. The van der Waals surface area contributed by atoms with Crippen LogP contribution in [0.4, 0.5) is 15.3 Å². The highest BCUT2D eigenvalue weighted by molar-refractivity contribution is 6.00. The van der Waals surface area contributed by atoms with E-state index in [1.165, 1.54) is 13.2 Å². The minimum absolute atomic E-state index is 0.488. The number of nitrogens with zero attached hydrogens (tertiary/aromatic N) is 1. The summed E-state index contributed by atoms with van der Waals surface area (Å²) in [6, 6.07) is 7.96. The fraction of sp³-hybridized carbons (Fsp3) is 0.167. The summed E-state index contributed by atoms with van der Waals surface area (Å²) in [5.74, 6) is 0. The first-order chi connectivity index (χ1) is 8.15. The summed E-state index contributed by atoms with van der Waals surface area (Å²) in [5, 5.41) is 5.05. The van der Waals surface area contributed by atoms with Gasteiger partial charge in [-0.05, 0) is 19.1 Å². The zero-order chi connectivity index (χ0) is 12.7. The quantitative estimate of drug-likeness (QED) is 0.823. The Morgan fingerprint density at radius 3 is 2.41 bits per heavy atom. The summed E-state index contributed by atoms with van der Waals surface area (Å²) in [6.45, 7) is 1.77. The van der Waals surface area contributed by atoms with Crippen molar-refractivity contribution >= 4 is 17.7 Å². The highest BCUT2D eigenvalue weighted by Gasteiger charge is 2.15. The molecule has 0 bridgehead atoms. The topological polar surface area (TPSA) is 61.4 Å². The molecular weight excluding hydrogens is 218 g/mol. The van der Waals surface area contributed by atoms with Gasteiger partial charge in [-0.1, -0.05) is 24.3 Å². The van der Waals surface area contributed by atoms with Crippen LogP contribution in [0.3, 0.4) is 0 Å². The van der Waals surface area contributed by atoms with E-state index >= 15 is 0 Å². The van der Waals surface area contributed by atoms with Crippen LogP contribution < -0.4 is 10.6 Å². The van der Waals surface area contributed by atoms with E-state index in [1.807, 2.05) is 6.07 Å². The van der Waals surface area contributed by atoms with Crippen molar-refractivity contribution in [2.75, 3.05) is 12.4 Å². The monoisotopic (exact) mass is 233 g/mol. The molecule has 0 fully saturated rings. The van der Waals surface area contributed by atoms with Gasteiger partial charge in [0.15, 0.2) is 0 Å². The minimum Gasteiger partial charge on any atom is -0.314 e. The summed E-state index contributed by atoms with van der Waals surface area (Å²) in [7, 11) is 1.40. The minimum atomic E-state index is -0.489. The van der Waals surface area contributed by atoms with Gasteiger partial charge in [-0.15, -0.1) is 0 Å². The van der Waals surface area contributed by atoms with Gasteiger partial charge >= 0.3 is 12.1 Å². The fourth-order valence-electron chi connectivity index (χ4n) is 1.07. The van der Waals surface area contributed by atoms with Crippen molar-refractivity contribution in [1.82, 2.24) is 10.2 Å². The smallest absolute Gasteiger partial charge is 0.314 e. The number of hydrogen-bond donors (Lipinski definition) is 2. The Labute approximate surface area is 100 Å². The second-order valence-electron chi connectivity index (χ2n) is 3.30. The number of allylic oxidation sites excluding steroid dienone is 1. The molecule has 0 spiro atoms. The van der Waals surface area contributed by atoms with Crippen molar-refractivity contribution in [3.05, 3.63) is 42.6 Å². The maximum atomic E-state index is 11.6. The zero-order valence-corrected chi connectivity index (χ0v) is 9.81. The number of hydrogen-bond acceptors (Lipinski definition) is 2. The number of urea groups is 2. The molecule has 4 amide bonds. The van der Waals surface area contributed by atoms with Crippen molar-refractivity contribution in [1.29, 1.82) is 0 Å². The third kappa shape index (κ3) is 3.98. The molecule has 1 aromatic rings. The molecule has 0 heterocycles. The molecule has 1 aromatic carbocycles. The molecule has 0 saturated heterocycles. The van der Waals surface area contributed by atoms with Crippen LogP contribution in [0, 0.1) is 0 Å². The summed E-state index contributed by atoms with van der Waals surface area (Å²) in [6.07, 6.45) is 3.13. The number of imide groups is 1. The van der Waals surface area contributed by atoms with Crippen LogP contribution in [-0.4, -0.2) is 24.0 Å². The Morgan fingerprint density at radius 1 is 1.18 bits per heavy atom. The lowest BCUT2D eigenvalue weighted by atomic mass is 10.3. The lowest BCUT2D eigenvalue weighted by molar-refractivity contribution is 0.204. The third-order valence-corrected chi connectivity index (χ3v) is 2.01. The third-order valence-electron chi connectivity index (χ3n) is 2.01. The largest absolute Gasteiger partial charge is 0.329 e. The predicted molar refractivity (Wildman–Crippen MR) is 66.6 cm³/mol. The lowest BCUT2D eigenvalue weighted by Gasteiger charge is -2.15. The van der Waals surface area contributed by atoms with Gasteiger partial charge in [0.1, 0.15) is 0 Å². The number of para-hydroxylation sites is 1. The average Bonchev–Trinajstić information content (AvgIpc) is 2.36. The number of anilines is 1. The molecule has 1 rings (SSSR count). The molecule has 0 aliphatic heterocycles. The van der Waals surface area contributed by atoms with Crippen LogP contribution in [-0.2, 0) is 0 Å². The number of carbonyl (C=O) groups excluding carboxylic acids is 2. The number of carbonyl (C=O) groups is 2. The van der Waals surface area contributed by atoms with E-state index < -0.39 is 12.1 Å². The maximum Gasteiger partial charge on any atom is 0.329 e. The van der Waals surface area contributed by atoms with E-state index in [0.717, 1.165) is 4.90 Å². The lowest BCUT2D eigenvalue weighted by Crippen LogP contribution is -2.41. The zero-order valence-electron chi connectivity index (χ0n) is 9.81. The Bertz CT molecular complexity index is 415. The van der Waals surface area contributed by atoms with E-state index in [1.54, 1.807) is 37.3 Å². The van der Waals surface area contributed by atoms with E-state index in [9.17, 15) is 9.59 Å². The first-order valence-corrected chi connectivity index (χ1v) is 5.16. The van der Waals surface area contributed by atoms with Crippen molar-refractivity contribution in [2.24, 2.45) is 0 Å². The number of benzene rings is 1. The molecule has 5 nitrogen and oxygen atoms in total. The maximum absolute atomic E-state index is 11.6. The van der Waals surface area contributed by atoms with Gasteiger partial charge < -0.3 is 10.6 Å². The molecule has 0 aliphatic rings. The van der Waals surface area contributed by atoms with Crippen LogP contribution in [0.5, 0.6) is 0 Å².